The molecule has 2 saturated carbocycles. The van der Waals surface area contributed by atoms with Crippen LogP contribution in [-0.2, 0) is 0 Å². The summed E-state index contributed by atoms with van der Waals surface area (Å²) in [6, 6.07) is 0. The van der Waals surface area contributed by atoms with Crippen molar-refractivity contribution in [3.63, 3.8) is 0 Å². The number of aliphatic hydroxyl groups excluding tert-OH is 2. The van der Waals surface area contributed by atoms with E-state index in [1.165, 1.54) is 18.4 Å². The van der Waals surface area contributed by atoms with Crippen LogP contribution in [0.15, 0.2) is 59.3 Å². The Morgan fingerprint density at radius 3 is 2.73 bits per heavy atom. The minimum Gasteiger partial charge on any atom is -0.393 e. The average Bonchev–Trinajstić information content (AvgIpc) is 3.00. The van der Waals surface area contributed by atoms with Crippen molar-refractivity contribution in [3.8, 4) is 0 Å². The monoisotopic (exact) mass is 412 g/mol. The zero-order chi connectivity index (χ0) is 22.1. The lowest BCUT2D eigenvalue weighted by Gasteiger charge is -2.42. The molecule has 0 spiro atoms. The normalized spacial score (nSPS) is 36.4. The van der Waals surface area contributed by atoms with Gasteiger partial charge in [0.15, 0.2) is 0 Å². The molecule has 3 rings (SSSR count). The first-order valence-corrected chi connectivity index (χ1v) is 11.6. The van der Waals surface area contributed by atoms with Gasteiger partial charge in [0, 0.05) is 6.42 Å². The molecule has 0 heterocycles. The van der Waals surface area contributed by atoms with E-state index in [2.05, 4.69) is 44.7 Å². The zero-order valence-electron chi connectivity index (χ0n) is 19.2. The van der Waals surface area contributed by atoms with Gasteiger partial charge in [-0.2, -0.15) is 0 Å². The van der Waals surface area contributed by atoms with E-state index in [1.807, 2.05) is 19.9 Å². The molecule has 0 aromatic carbocycles. The number of hydrogen-bond acceptors (Lipinski definition) is 3. The van der Waals surface area contributed by atoms with Crippen molar-refractivity contribution in [1.82, 2.24) is 0 Å². The maximum atomic E-state index is 10.1. The minimum atomic E-state index is -0.755. The van der Waals surface area contributed by atoms with Gasteiger partial charge in [-0.1, -0.05) is 62.0 Å². The highest BCUT2D eigenvalue weighted by Gasteiger charge is 2.45. The van der Waals surface area contributed by atoms with Crippen molar-refractivity contribution in [2.75, 3.05) is 0 Å². The first-order chi connectivity index (χ1) is 14.0. The Kier molecular flexibility index (Phi) is 6.96. The summed E-state index contributed by atoms with van der Waals surface area (Å²) in [7, 11) is 0. The second kappa shape index (κ2) is 8.98. The molecule has 0 saturated heterocycles. The Hall–Kier alpha value is -1.42. The van der Waals surface area contributed by atoms with Crippen LogP contribution >= 0.6 is 0 Å². The van der Waals surface area contributed by atoms with E-state index >= 15 is 0 Å². The van der Waals surface area contributed by atoms with E-state index < -0.39 is 17.8 Å². The van der Waals surface area contributed by atoms with Crippen molar-refractivity contribution >= 4 is 0 Å². The number of aliphatic hydroxyl groups is 3. The molecule has 0 aromatic rings. The van der Waals surface area contributed by atoms with Gasteiger partial charge >= 0.3 is 0 Å². The van der Waals surface area contributed by atoms with Crippen LogP contribution in [0.3, 0.4) is 0 Å². The van der Waals surface area contributed by atoms with Crippen LogP contribution < -0.4 is 0 Å². The van der Waals surface area contributed by atoms with Crippen molar-refractivity contribution < 1.29 is 15.3 Å². The first kappa shape index (κ1) is 23.2. The first-order valence-electron chi connectivity index (χ1n) is 11.6. The van der Waals surface area contributed by atoms with Gasteiger partial charge in [0.2, 0.25) is 0 Å². The lowest BCUT2D eigenvalue weighted by atomic mass is 9.62. The molecule has 0 aliphatic heterocycles. The zero-order valence-corrected chi connectivity index (χ0v) is 19.2. The number of fused-ring (bicyclic) bond motifs is 1. The summed E-state index contributed by atoms with van der Waals surface area (Å²) < 4.78 is 0. The largest absolute Gasteiger partial charge is 0.393 e. The van der Waals surface area contributed by atoms with Gasteiger partial charge < -0.3 is 15.3 Å². The van der Waals surface area contributed by atoms with Crippen LogP contribution in [0.4, 0.5) is 0 Å². The number of hydrogen-bond donors (Lipinski definition) is 3. The number of rotatable bonds is 5. The summed E-state index contributed by atoms with van der Waals surface area (Å²) in [5.74, 6) is 1.00. The Morgan fingerprint density at radius 2 is 2.03 bits per heavy atom. The van der Waals surface area contributed by atoms with Gasteiger partial charge in [-0.3, -0.25) is 0 Å². The lowest BCUT2D eigenvalue weighted by Crippen LogP contribution is -2.32. The van der Waals surface area contributed by atoms with Crippen LogP contribution in [0.25, 0.3) is 0 Å². The molecule has 0 radical (unpaired) electrons. The van der Waals surface area contributed by atoms with Gasteiger partial charge in [0.05, 0.1) is 17.8 Å². The Bertz CT molecular complexity index is 776. The molecular formula is C27H40O3. The van der Waals surface area contributed by atoms with Gasteiger partial charge in [-0.05, 0) is 80.8 Å². The predicted molar refractivity (Wildman–Crippen MR) is 124 cm³/mol. The van der Waals surface area contributed by atoms with Crippen LogP contribution in [0.5, 0.6) is 0 Å². The van der Waals surface area contributed by atoms with Crippen LogP contribution in [0.2, 0.25) is 0 Å². The highest BCUT2D eigenvalue weighted by atomic mass is 16.3. The quantitative estimate of drug-likeness (QED) is 0.530. The minimum absolute atomic E-state index is 0.202. The maximum Gasteiger partial charge on any atom is 0.0811 e. The Morgan fingerprint density at radius 1 is 1.30 bits per heavy atom. The number of allylic oxidation sites excluding steroid dienone is 6. The molecule has 0 bridgehead atoms. The molecule has 5 atom stereocenters. The third kappa shape index (κ3) is 5.07. The standard InChI is InChI=1S/C27H40O3/c1-18(8-6-14-26(3,4)30)23-12-13-24-20(9-7-15-27(23,24)5)10-11-21-16-22(28)17-25(29)19(21)2/h6,10-12,14,18,22,24-25,28-30H,2,7-9,13,15-17H2,1,3-5H3/b14-6-,20-10+,21-11+/t18-,22-,24+,25+,27-/m1/s1. The summed E-state index contributed by atoms with van der Waals surface area (Å²) in [6.45, 7) is 12.4. The Balaban J connectivity index is 1.75. The molecular weight excluding hydrogens is 372 g/mol. The molecule has 0 amide bonds. The van der Waals surface area contributed by atoms with Crippen LogP contribution in [0.1, 0.15) is 72.6 Å². The van der Waals surface area contributed by atoms with Crippen LogP contribution in [0, 0.1) is 17.3 Å². The highest BCUT2D eigenvalue weighted by molar-refractivity contribution is 5.40. The van der Waals surface area contributed by atoms with E-state index in [1.54, 1.807) is 5.57 Å². The van der Waals surface area contributed by atoms with E-state index in [0.717, 1.165) is 30.4 Å². The molecule has 0 unspecified atom stereocenters. The molecule has 3 aliphatic carbocycles. The highest BCUT2D eigenvalue weighted by Crippen LogP contribution is 2.56. The molecule has 3 nitrogen and oxygen atoms in total. The summed E-state index contributed by atoms with van der Waals surface area (Å²) in [5.41, 5.74) is 4.25. The van der Waals surface area contributed by atoms with Gasteiger partial charge in [-0.25, -0.2) is 0 Å². The molecule has 3 N–H and O–H groups in total. The van der Waals surface area contributed by atoms with E-state index in [4.69, 9.17) is 0 Å². The molecule has 0 aromatic heterocycles. The summed E-state index contributed by atoms with van der Waals surface area (Å²) in [5, 5.41) is 30.1. The van der Waals surface area contributed by atoms with Crippen molar-refractivity contribution in [2.24, 2.45) is 17.3 Å². The van der Waals surface area contributed by atoms with Gasteiger partial charge in [0.25, 0.3) is 0 Å². The topological polar surface area (TPSA) is 60.7 Å². The summed E-state index contributed by atoms with van der Waals surface area (Å²) in [6.07, 6.45) is 16.3. The Labute approximate surface area is 182 Å². The lowest BCUT2D eigenvalue weighted by molar-refractivity contribution is 0.0862. The third-order valence-corrected chi connectivity index (χ3v) is 7.42. The smallest absolute Gasteiger partial charge is 0.0811 e. The fourth-order valence-corrected chi connectivity index (χ4v) is 5.77. The second-order valence-electron chi connectivity index (χ2n) is 10.5. The average molecular weight is 413 g/mol. The van der Waals surface area contributed by atoms with Crippen molar-refractivity contribution in [2.45, 2.75) is 90.4 Å². The molecule has 2 fully saturated rings. The molecule has 30 heavy (non-hydrogen) atoms. The second-order valence-corrected chi connectivity index (χ2v) is 10.5. The summed E-state index contributed by atoms with van der Waals surface area (Å²) >= 11 is 0. The fourth-order valence-electron chi connectivity index (χ4n) is 5.77. The third-order valence-electron chi connectivity index (χ3n) is 7.42. The fraction of sp³-hybridized carbons (Fsp3) is 0.630. The predicted octanol–water partition coefficient (Wildman–Crippen LogP) is 5.40. The SMILES string of the molecule is C=C1/C(=C/C=C2\CCC[C@]3(C)C([C@H](C)C/C=C\C(C)(C)O)=CC[C@@H]23)C[C@@H](O)C[C@@H]1O. The van der Waals surface area contributed by atoms with Crippen molar-refractivity contribution in [1.29, 1.82) is 0 Å². The van der Waals surface area contributed by atoms with E-state index in [-0.39, 0.29) is 5.41 Å². The van der Waals surface area contributed by atoms with E-state index in [9.17, 15) is 15.3 Å². The molecule has 3 heteroatoms. The van der Waals surface area contributed by atoms with Gasteiger partial charge in [0.1, 0.15) is 0 Å². The van der Waals surface area contributed by atoms with E-state index in [0.29, 0.717) is 24.7 Å². The molecule has 166 valence electrons. The van der Waals surface area contributed by atoms with Crippen molar-refractivity contribution in [3.05, 3.63) is 59.3 Å². The van der Waals surface area contributed by atoms with Gasteiger partial charge in [-0.15, -0.1) is 0 Å². The molecule has 3 aliphatic rings. The summed E-state index contributed by atoms with van der Waals surface area (Å²) in [4.78, 5) is 0. The maximum absolute atomic E-state index is 10.1. The van der Waals surface area contributed by atoms with Crippen LogP contribution in [-0.4, -0.2) is 33.1 Å².